The lowest BCUT2D eigenvalue weighted by atomic mass is 9.40. The minimum atomic E-state index is -1.77. The van der Waals surface area contributed by atoms with Crippen molar-refractivity contribution in [2.24, 2.45) is 33.8 Å². The van der Waals surface area contributed by atoms with Gasteiger partial charge in [0.05, 0.1) is 48.6 Å². The summed E-state index contributed by atoms with van der Waals surface area (Å²) < 4.78 is 17.7. The van der Waals surface area contributed by atoms with Gasteiger partial charge in [-0.3, -0.25) is 9.59 Å². The van der Waals surface area contributed by atoms with Gasteiger partial charge in [0.15, 0.2) is 18.0 Å². The standard InChI is InChI=1S/C34H46BN2O10/c1-17-20(46-30(43)26(41)25(37-35-16-38)19-10-8-7-9-11-19)13-34(44)18(2)28-32(5)15-45-22(32)12-21(39)33(28,6)29(42)27(47-23(40)14-36)24(17)31(34,3)4/h7-11,16,18,20-22,25-28,37,39,41,44H,12-15,36H2,1-6H3/t18-,20-,21-,22+,25-,26+,27+,28+,32+,33+,34+/m0/s1. The Morgan fingerprint density at radius 3 is 2.43 bits per heavy atom. The average Bonchev–Trinajstić information content (AvgIpc) is 3.03. The van der Waals surface area contributed by atoms with E-state index < -0.39 is 88.4 Å². The molecule has 1 aromatic rings. The third-order valence-electron chi connectivity index (χ3n) is 12.0. The summed E-state index contributed by atoms with van der Waals surface area (Å²) in [6.07, 6.45) is -5.36. The van der Waals surface area contributed by atoms with E-state index in [4.69, 9.17) is 19.9 Å². The van der Waals surface area contributed by atoms with E-state index in [2.05, 4.69) is 5.23 Å². The van der Waals surface area contributed by atoms with Crippen molar-refractivity contribution in [2.75, 3.05) is 13.2 Å². The molecule has 255 valence electrons. The van der Waals surface area contributed by atoms with E-state index in [1.165, 1.54) is 0 Å². The number of benzene rings is 1. The van der Waals surface area contributed by atoms with Crippen LogP contribution >= 0.6 is 0 Å². The first kappa shape index (κ1) is 35.4. The van der Waals surface area contributed by atoms with Crippen molar-refractivity contribution >= 4 is 31.3 Å². The third kappa shape index (κ3) is 5.30. The van der Waals surface area contributed by atoms with E-state index in [1.54, 1.807) is 58.0 Å². The first-order valence-corrected chi connectivity index (χ1v) is 16.1. The van der Waals surface area contributed by atoms with Gasteiger partial charge in [-0.15, -0.1) is 0 Å². The normalized spacial score (nSPS) is 38.7. The molecule has 11 atom stereocenters. The van der Waals surface area contributed by atoms with Crippen molar-refractivity contribution in [3.8, 4) is 0 Å². The molecule has 3 fully saturated rings. The smallest absolute Gasteiger partial charge is 0.337 e. The Labute approximate surface area is 275 Å². The molecule has 5 rings (SSSR count). The highest BCUT2D eigenvalue weighted by Gasteiger charge is 2.73. The van der Waals surface area contributed by atoms with Crippen LogP contribution in [0.25, 0.3) is 0 Å². The van der Waals surface area contributed by atoms with Crippen molar-refractivity contribution in [3.63, 3.8) is 0 Å². The van der Waals surface area contributed by atoms with Crippen molar-refractivity contribution in [2.45, 2.75) is 96.5 Å². The minimum Gasteiger partial charge on any atom is -0.456 e. The zero-order chi connectivity index (χ0) is 34.7. The molecule has 0 spiro atoms. The summed E-state index contributed by atoms with van der Waals surface area (Å²) in [5.74, 6) is -3.68. The summed E-state index contributed by atoms with van der Waals surface area (Å²) in [5, 5.41) is 38.6. The number of ketones is 1. The molecule has 2 saturated carbocycles. The molecule has 0 amide bonds. The van der Waals surface area contributed by atoms with Gasteiger partial charge in [0.2, 0.25) is 0 Å². The Kier molecular flexibility index (Phi) is 9.41. The van der Waals surface area contributed by atoms with Gasteiger partial charge in [-0.25, -0.2) is 4.79 Å². The summed E-state index contributed by atoms with van der Waals surface area (Å²) in [4.78, 5) is 52.5. The topological polar surface area (TPSA) is 195 Å². The Morgan fingerprint density at radius 2 is 1.85 bits per heavy atom. The molecule has 1 heterocycles. The maximum atomic E-state index is 14.9. The fourth-order valence-corrected chi connectivity index (χ4v) is 9.35. The highest BCUT2D eigenvalue weighted by molar-refractivity contribution is 6.64. The molecule has 4 aliphatic rings. The molecular weight excluding hydrogens is 607 g/mol. The van der Waals surface area contributed by atoms with E-state index >= 15 is 0 Å². The zero-order valence-electron chi connectivity index (χ0n) is 27.8. The summed E-state index contributed by atoms with van der Waals surface area (Å²) >= 11 is 0. The van der Waals surface area contributed by atoms with Crippen LogP contribution in [0.1, 0.15) is 66.0 Å². The number of carbonyl (C=O) groups is 4. The molecule has 1 aromatic carbocycles. The van der Waals surface area contributed by atoms with Gasteiger partial charge >= 0.3 is 11.9 Å². The lowest BCUT2D eigenvalue weighted by Gasteiger charge is -2.68. The van der Waals surface area contributed by atoms with E-state index in [0.717, 1.165) is 7.41 Å². The second-order valence-electron chi connectivity index (χ2n) is 14.6. The van der Waals surface area contributed by atoms with Crippen LogP contribution < -0.4 is 11.0 Å². The van der Waals surface area contributed by atoms with Crippen molar-refractivity contribution in [1.82, 2.24) is 5.23 Å². The molecule has 2 bridgehead atoms. The van der Waals surface area contributed by atoms with Crippen molar-refractivity contribution in [3.05, 3.63) is 47.0 Å². The molecule has 0 aromatic heterocycles. The number of esters is 2. The van der Waals surface area contributed by atoms with Gasteiger partial charge in [-0.2, -0.15) is 0 Å². The highest BCUT2D eigenvalue weighted by Crippen LogP contribution is 2.67. The minimum absolute atomic E-state index is 0.102. The maximum Gasteiger partial charge on any atom is 0.337 e. The van der Waals surface area contributed by atoms with Crippen molar-refractivity contribution in [1.29, 1.82) is 0 Å². The van der Waals surface area contributed by atoms with Gasteiger partial charge in [0.25, 0.3) is 7.41 Å². The van der Waals surface area contributed by atoms with Crippen LogP contribution in [0.4, 0.5) is 0 Å². The Morgan fingerprint density at radius 1 is 1.19 bits per heavy atom. The molecule has 1 radical (unpaired) electrons. The number of ether oxygens (including phenoxy) is 3. The number of aliphatic hydroxyl groups excluding tert-OH is 2. The average molecular weight is 654 g/mol. The zero-order valence-corrected chi connectivity index (χ0v) is 27.8. The van der Waals surface area contributed by atoms with E-state index in [-0.39, 0.29) is 24.5 Å². The lowest BCUT2D eigenvalue weighted by molar-refractivity contribution is -0.302. The molecule has 1 saturated heterocycles. The van der Waals surface area contributed by atoms with Crippen molar-refractivity contribution < 1.29 is 48.7 Å². The number of fused-ring (bicyclic) bond motifs is 5. The number of hydrogen-bond acceptors (Lipinski definition) is 12. The Hall–Kier alpha value is -2.94. The monoisotopic (exact) mass is 653 g/mol. The summed E-state index contributed by atoms with van der Waals surface area (Å²) in [6, 6.07) is 7.54. The second kappa shape index (κ2) is 12.5. The summed E-state index contributed by atoms with van der Waals surface area (Å²) in [6.45, 7) is 10.5. The lowest BCUT2D eigenvalue weighted by Crippen LogP contribution is -2.75. The molecular formula is C34H46BN2O10. The maximum absolute atomic E-state index is 14.9. The first-order valence-electron chi connectivity index (χ1n) is 16.1. The van der Waals surface area contributed by atoms with Crippen LogP contribution in [0, 0.1) is 28.1 Å². The summed E-state index contributed by atoms with van der Waals surface area (Å²) in [7, 11) is 1.07. The number of nitrogens with one attached hydrogen (secondary N) is 1. The van der Waals surface area contributed by atoms with Crippen LogP contribution in [0.2, 0.25) is 0 Å². The predicted molar refractivity (Wildman–Crippen MR) is 170 cm³/mol. The van der Waals surface area contributed by atoms with Crippen LogP contribution in [-0.2, 0) is 33.4 Å². The molecule has 1 aliphatic heterocycles. The number of rotatable bonds is 9. The Bertz CT molecular complexity index is 1450. The predicted octanol–water partition coefficient (Wildman–Crippen LogP) is 0.758. The van der Waals surface area contributed by atoms with E-state index in [0.29, 0.717) is 23.9 Å². The van der Waals surface area contributed by atoms with E-state index in [1.807, 2.05) is 13.8 Å². The quantitative estimate of drug-likeness (QED) is 0.109. The Balaban J connectivity index is 1.63. The fourth-order valence-electron chi connectivity index (χ4n) is 9.35. The van der Waals surface area contributed by atoms with Gasteiger partial charge in [-0.05, 0) is 42.4 Å². The van der Waals surface area contributed by atoms with Gasteiger partial charge in [-0.1, -0.05) is 58.0 Å². The second-order valence-corrected chi connectivity index (χ2v) is 14.6. The number of carbonyl (C=O) groups excluding carboxylic acids is 4. The first-order chi connectivity index (χ1) is 22.0. The molecule has 6 N–H and O–H groups in total. The largest absolute Gasteiger partial charge is 0.456 e. The van der Waals surface area contributed by atoms with Crippen LogP contribution in [0.5, 0.6) is 0 Å². The molecule has 12 nitrogen and oxygen atoms in total. The summed E-state index contributed by atoms with van der Waals surface area (Å²) in [5.41, 5.74) is 1.90. The molecule has 0 unspecified atom stereocenters. The number of hydrogen-bond donors (Lipinski definition) is 5. The van der Waals surface area contributed by atoms with Crippen LogP contribution in [-0.4, -0.2) is 95.9 Å². The van der Waals surface area contributed by atoms with Gasteiger partial charge < -0.3 is 45.3 Å². The third-order valence-corrected chi connectivity index (χ3v) is 12.0. The van der Waals surface area contributed by atoms with Gasteiger partial charge in [0, 0.05) is 23.7 Å². The number of aliphatic hydroxyl groups is 3. The van der Waals surface area contributed by atoms with E-state index in [9.17, 15) is 34.5 Å². The van der Waals surface area contributed by atoms with Gasteiger partial charge in [0.1, 0.15) is 6.10 Å². The highest BCUT2D eigenvalue weighted by atomic mass is 16.6. The number of Topliss-reactive ketones (excluding diaryl/α,β-unsaturated/α-hetero) is 1. The van der Waals surface area contributed by atoms with Crippen LogP contribution in [0.15, 0.2) is 41.5 Å². The van der Waals surface area contributed by atoms with Crippen LogP contribution in [0.3, 0.4) is 0 Å². The molecule has 3 aliphatic carbocycles. The fraction of sp³-hybridized carbons (Fsp3) is 0.647. The molecule has 13 heteroatoms. The number of nitrogens with two attached hydrogens (primary N) is 1. The molecule has 47 heavy (non-hydrogen) atoms. The SMILES string of the molecule is CC1=C2[C@@H](OC(=O)CN)C(=O)[C@@]3(C)[C@H]([C@H](C)[C@](O)(C[C@@H]1OC(=O)[C@H](O)[C@@H](N[B]C=O)c1ccccc1)C2(C)C)[C@]1(C)CO[C@@H]1C[C@@H]3O.